The third-order valence-corrected chi connectivity index (χ3v) is 3.55. The van der Waals surface area contributed by atoms with Crippen LogP contribution in [0, 0.1) is 0 Å². The van der Waals surface area contributed by atoms with E-state index in [0.717, 1.165) is 31.3 Å². The van der Waals surface area contributed by atoms with E-state index in [0.29, 0.717) is 0 Å². The van der Waals surface area contributed by atoms with Crippen LogP contribution in [-0.4, -0.2) is 20.8 Å². The average Bonchev–Trinajstić information content (AvgIpc) is 2.10. The molecule has 3 nitrogen and oxygen atoms in total. The molecule has 0 aromatic rings. The van der Waals surface area contributed by atoms with E-state index in [2.05, 4.69) is 13.8 Å². The van der Waals surface area contributed by atoms with Crippen LogP contribution in [0.1, 0.15) is 39.5 Å². The van der Waals surface area contributed by atoms with Gasteiger partial charge >= 0.3 is 0 Å². The highest BCUT2D eigenvalue weighted by molar-refractivity contribution is 7.86. The van der Waals surface area contributed by atoms with Crippen LogP contribution in [0.25, 0.3) is 0 Å². The molecule has 1 aliphatic rings. The third-order valence-electron chi connectivity index (χ3n) is 2.37. The number of hydrogen-bond acceptors (Lipinski definition) is 3. The fourth-order valence-electron chi connectivity index (χ4n) is 1.72. The van der Waals surface area contributed by atoms with Gasteiger partial charge in [-0.25, -0.2) is 0 Å². The summed E-state index contributed by atoms with van der Waals surface area (Å²) in [4.78, 5) is 0. The molecule has 82 valence electrons. The van der Waals surface area contributed by atoms with E-state index in [1.165, 1.54) is 5.57 Å². The minimum atomic E-state index is -3.26. The first kappa shape index (κ1) is 11.7. The molecule has 0 radical (unpaired) electrons. The van der Waals surface area contributed by atoms with Crippen molar-refractivity contribution < 1.29 is 12.6 Å². The Morgan fingerprint density at radius 3 is 2.29 bits per heavy atom. The van der Waals surface area contributed by atoms with Crippen LogP contribution in [0.3, 0.4) is 0 Å². The van der Waals surface area contributed by atoms with Crippen LogP contribution < -0.4 is 0 Å². The zero-order valence-electron chi connectivity index (χ0n) is 8.88. The highest BCUT2D eigenvalue weighted by atomic mass is 32.2. The Bertz CT molecular complexity index is 314. The Balaban J connectivity index is 2.83. The van der Waals surface area contributed by atoms with Gasteiger partial charge in [-0.15, -0.1) is 0 Å². The van der Waals surface area contributed by atoms with Gasteiger partial charge in [0.1, 0.15) is 0 Å². The summed E-state index contributed by atoms with van der Waals surface area (Å²) in [6.45, 7) is 4.45. The van der Waals surface area contributed by atoms with Gasteiger partial charge in [0.15, 0.2) is 0 Å². The Kier molecular flexibility index (Phi) is 4.13. The molecule has 1 aliphatic heterocycles. The van der Waals surface area contributed by atoms with E-state index in [1.54, 1.807) is 0 Å². The molecule has 14 heavy (non-hydrogen) atoms. The number of rotatable bonds is 4. The Labute approximate surface area is 86.3 Å². The van der Waals surface area contributed by atoms with E-state index in [9.17, 15) is 8.42 Å². The molecular formula is C10H18O3S. The van der Waals surface area contributed by atoms with Gasteiger partial charge < -0.3 is 0 Å². The molecule has 1 heterocycles. The average molecular weight is 218 g/mol. The summed E-state index contributed by atoms with van der Waals surface area (Å²) >= 11 is 0. The zero-order chi connectivity index (χ0) is 10.6. The Hall–Kier alpha value is -0.350. The highest BCUT2D eigenvalue weighted by Gasteiger charge is 2.22. The van der Waals surface area contributed by atoms with Crippen molar-refractivity contribution in [1.82, 2.24) is 0 Å². The third kappa shape index (κ3) is 3.10. The predicted octanol–water partition coefficient (Wildman–Crippen LogP) is 2.24. The van der Waals surface area contributed by atoms with Crippen LogP contribution in [-0.2, 0) is 14.3 Å². The fourth-order valence-corrected chi connectivity index (χ4v) is 2.90. The van der Waals surface area contributed by atoms with Crippen LogP contribution >= 0.6 is 0 Å². The first-order valence-corrected chi connectivity index (χ1v) is 6.73. The second kappa shape index (κ2) is 4.94. The van der Waals surface area contributed by atoms with Crippen LogP contribution in [0.5, 0.6) is 0 Å². The van der Waals surface area contributed by atoms with E-state index >= 15 is 0 Å². The van der Waals surface area contributed by atoms with Crippen LogP contribution in [0.2, 0.25) is 0 Å². The summed E-state index contributed by atoms with van der Waals surface area (Å²) < 4.78 is 27.3. The quantitative estimate of drug-likeness (QED) is 0.537. The van der Waals surface area contributed by atoms with Crippen molar-refractivity contribution in [3.05, 3.63) is 11.1 Å². The van der Waals surface area contributed by atoms with E-state index in [1.807, 2.05) is 0 Å². The van der Waals surface area contributed by atoms with Gasteiger partial charge in [-0.05, 0) is 18.4 Å². The van der Waals surface area contributed by atoms with Crippen molar-refractivity contribution in [2.45, 2.75) is 39.5 Å². The molecule has 0 spiro atoms. The van der Waals surface area contributed by atoms with E-state index in [-0.39, 0.29) is 12.4 Å². The summed E-state index contributed by atoms with van der Waals surface area (Å²) in [6, 6.07) is 0. The maximum absolute atomic E-state index is 11.2. The largest absolute Gasteiger partial charge is 0.271 e. The lowest BCUT2D eigenvalue weighted by Crippen LogP contribution is -2.21. The SMILES string of the molecule is CCCC1=C(CCC)CS(=O)(=O)OC1. The molecule has 4 heteroatoms. The molecular weight excluding hydrogens is 200 g/mol. The lowest BCUT2D eigenvalue weighted by Gasteiger charge is -2.20. The van der Waals surface area contributed by atoms with Gasteiger partial charge in [0.2, 0.25) is 0 Å². The topological polar surface area (TPSA) is 43.4 Å². The molecule has 0 aromatic heterocycles. The molecule has 0 amide bonds. The molecule has 0 bridgehead atoms. The Morgan fingerprint density at radius 1 is 1.14 bits per heavy atom. The monoisotopic (exact) mass is 218 g/mol. The standard InChI is InChI=1S/C10H18O3S/c1-3-5-9-7-13-14(11,12)8-10(9)6-4-2/h3-8H2,1-2H3. The maximum Gasteiger partial charge on any atom is 0.271 e. The van der Waals surface area contributed by atoms with Crippen LogP contribution in [0.15, 0.2) is 11.1 Å². The molecule has 0 aliphatic carbocycles. The molecule has 0 N–H and O–H groups in total. The summed E-state index contributed by atoms with van der Waals surface area (Å²) in [6.07, 6.45) is 3.90. The van der Waals surface area contributed by atoms with Crippen molar-refractivity contribution in [2.24, 2.45) is 0 Å². The minimum absolute atomic E-state index is 0.107. The van der Waals surface area contributed by atoms with Crippen LogP contribution in [0.4, 0.5) is 0 Å². The van der Waals surface area contributed by atoms with Gasteiger partial charge in [0, 0.05) is 0 Å². The first-order chi connectivity index (χ1) is 6.59. The molecule has 0 aromatic carbocycles. The van der Waals surface area contributed by atoms with Crippen molar-refractivity contribution in [1.29, 1.82) is 0 Å². The minimum Gasteiger partial charge on any atom is -0.265 e. The second-order valence-corrected chi connectivity index (χ2v) is 5.31. The van der Waals surface area contributed by atoms with Crippen molar-refractivity contribution in [2.75, 3.05) is 12.4 Å². The summed E-state index contributed by atoms with van der Waals surface area (Å²) in [5.74, 6) is 0.107. The molecule has 0 atom stereocenters. The number of hydrogen-bond donors (Lipinski definition) is 0. The Morgan fingerprint density at radius 2 is 1.71 bits per heavy atom. The van der Waals surface area contributed by atoms with Gasteiger partial charge in [-0.3, -0.25) is 4.18 Å². The molecule has 1 rings (SSSR count). The van der Waals surface area contributed by atoms with Crippen molar-refractivity contribution >= 4 is 10.1 Å². The van der Waals surface area contributed by atoms with Gasteiger partial charge in [-0.1, -0.05) is 32.3 Å². The molecule has 0 saturated heterocycles. The van der Waals surface area contributed by atoms with E-state index < -0.39 is 10.1 Å². The highest BCUT2D eigenvalue weighted by Crippen LogP contribution is 2.23. The molecule has 0 saturated carbocycles. The van der Waals surface area contributed by atoms with Crippen molar-refractivity contribution in [3.63, 3.8) is 0 Å². The van der Waals surface area contributed by atoms with E-state index in [4.69, 9.17) is 4.18 Å². The summed E-state index contributed by atoms with van der Waals surface area (Å²) in [5.41, 5.74) is 2.28. The van der Waals surface area contributed by atoms with Gasteiger partial charge in [-0.2, -0.15) is 8.42 Å². The van der Waals surface area contributed by atoms with Gasteiger partial charge in [0.25, 0.3) is 10.1 Å². The molecule has 0 fully saturated rings. The lowest BCUT2D eigenvalue weighted by molar-refractivity contribution is 0.335. The normalized spacial score (nSPS) is 21.3. The lowest BCUT2D eigenvalue weighted by atomic mass is 10.0. The van der Waals surface area contributed by atoms with Gasteiger partial charge in [0.05, 0.1) is 12.4 Å². The summed E-state index contributed by atoms with van der Waals surface area (Å²) in [5, 5.41) is 0. The second-order valence-electron chi connectivity index (χ2n) is 3.67. The first-order valence-electron chi connectivity index (χ1n) is 5.16. The van der Waals surface area contributed by atoms with Crippen molar-refractivity contribution in [3.8, 4) is 0 Å². The smallest absolute Gasteiger partial charge is 0.265 e. The summed E-state index contributed by atoms with van der Waals surface area (Å²) in [7, 11) is -3.26. The maximum atomic E-state index is 11.2. The fraction of sp³-hybridized carbons (Fsp3) is 0.800. The predicted molar refractivity (Wildman–Crippen MR) is 56.6 cm³/mol. The zero-order valence-corrected chi connectivity index (χ0v) is 9.69. The molecule has 0 unspecified atom stereocenters.